The molecule has 1 saturated heterocycles. The molecule has 1 aromatic rings. The fraction of sp³-hybridized carbons (Fsp3) is 0.571. The SMILES string of the molecule is Cc1ccc(NC(=O)COC(=O)C2CCN(C(=O)OC(C)(C)C)CC2)cc1C. The van der Waals surface area contributed by atoms with Crippen LogP contribution in [0.5, 0.6) is 0 Å². The van der Waals surface area contributed by atoms with Crippen molar-refractivity contribution in [3.63, 3.8) is 0 Å². The quantitative estimate of drug-likeness (QED) is 0.796. The van der Waals surface area contributed by atoms with Crippen molar-refractivity contribution in [1.29, 1.82) is 0 Å². The number of anilines is 1. The zero-order valence-electron chi connectivity index (χ0n) is 17.3. The lowest BCUT2D eigenvalue weighted by atomic mass is 9.97. The zero-order valence-corrected chi connectivity index (χ0v) is 17.3. The Kier molecular flexibility index (Phi) is 7.05. The van der Waals surface area contributed by atoms with Gasteiger partial charge < -0.3 is 19.7 Å². The summed E-state index contributed by atoms with van der Waals surface area (Å²) in [6.07, 6.45) is 0.625. The van der Waals surface area contributed by atoms with E-state index < -0.39 is 11.6 Å². The maximum atomic E-state index is 12.2. The Morgan fingerprint density at radius 3 is 2.32 bits per heavy atom. The molecule has 28 heavy (non-hydrogen) atoms. The lowest BCUT2D eigenvalue weighted by Crippen LogP contribution is -2.43. The molecule has 2 amide bonds. The fourth-order valence-electron chi connectivity index (χ4n) is 2.90. The first kappa shape index (κ1) is 21.7. The second kappa shape index (κ2) is 9.08. The predicted molar refractivity (Wildman–Crippen MR) is 106 cm³/mol. The minimum absolute atomic E-state index is 0.312. The molecule has 0 aliphatic carbocycles. The number of carbonyl (C=O) groups is 3. The van der Waals surface area contributed by atoms with Gasteiger partial charge in [-0.1, -0.05) is 6.07 Å². The van der Waals surface area contributed by atoms with Crippen LogP contribution in [0.2, 0.25) is 0 Å². The molecule has 1 heterocycles. The Hall–Kier alpha value is -2.57. The average Bonchev–Trinajstić information content (AvgIpc) is 2.61. The molecular formula is C21H30N2O5. The number of hydrogen-bond donors (Lipinski definition) is 1. The predicted octanol–water partition coefficient (Wildman–Crippen LogP) is 3.43. The van der Waals surface area contributed by atoms with Crippen LogP contribution in [0.3, 0.4) is 0 Å². The Labute approximate surface area is 166 Å². The average molecular weight is 390 g/mol. The summed E-state index contributed by atoms with van der Waals surface area (Å²) in [6.45, 7) is 9.96. The molecule has 0 radical (unpaired) electrons. The fourth-order valence-corrected chi connectivity index (χ4v) is 2.90. The van der Waals surface area contributed by atoms with Crippen LogP contribution in [0.4, 0.5) is 10.5 Å². The number of hydrogen-bond acceptors (Lipinski definition) is 5. The molecule has 1 fully saturated rings. The summed E-state index contributed by atoms with van der Waals surface area (Å²) < 4.78 is 10.5. The van der Waals surface area contributed by atoms with Crippen molar-refractivity contribution < 1.29 is 23.9 Å². The lowest BCUT2D eigenvalue weighted by Gasteiger charge is -2.32. The zero-order chi connectivity index (χ0) is 20.9. The number of nitrogens with zero attached hydrogens (tertiary/aromatic N) is 1. The highest BCUT2D eigenvalue weighted by Gasteiger charge is 2.30. The molecule has 0 bridgehead atoms. The van der Waals surface area contributed by atoms with Crippen molar-refractivity contribution >= 4 is 23.7 Å². The highest BCUT2D eigenvalue weighted by Crippen LogP contribution is 2.21. The van der Waals surface area contributed by atoms with Gasteiger partial charge in [0.25, 0.3) is 5.91 Å². The number of ether oxygens (including phenoxy) is 2. The highest BCUT2D eigenvalue weighted by atomic mass is 16.6. The number of carbonyl (C=O) groups excluding carboxylic acids is 3. The van der Waals surface area contributed by atoms with Crippen molar-refractivity contribution in [2.24, 2.45) is 5.92 Å². The maximum Gasteiger partial charge on any atom is 0.410 e. The van der Waals surface area contributed by atoms with Gasteiger partial charge in [-0.05, 0) is 70.7 Å². The standard InChI is InChI=1S/C21H30N2O5/c1-14-6-7-17(12-15(14)2)22-18(24)13-27-19(25)16-8-10-23(11-9-16)20(26)28-21(3,4)5/h6-7,12,16H,8-11,13H2,1-5H3,(H,22,24). The Morgan fingerprint density at radius 1 is 1.11 bits per heavy atom. The minimum Gasteiger partial charge on any atom is -0.455 e. The molecule has 154 valence electrons. The molecule has 2 rings (SSSR count). The van der Waals surface area contributed by atoms with Crippen LogP contribution in [-0.4, -0.2) is 48.2 Å². The second-order valence-corrected chi connectivity index (χ2v) is 8.20. The molecule has 0 saturated carbocycles. The summed E-state index contributed by atoms with van der Waals surface area (Å²) in [4.78, 5) is 37.9. The molecular weight excluding hydrogens is 360 g/mol. The number of nitrogens with one attached hydrogen (secondary N) is 1. The molecule has 0 spiro atoms. The van der Waals surface area contributed by atoms with Gasteiger partial charge in [-0.25, -0.2) is 4.79 Å². The molecule has 7 heteroatoms. The molecule has 0 unspecified atom stereocenters. The first-order valence-corrected chi connectivity index (χ1v) is 9.57. The van der Waals surface area contributed by atoms with E-state index in [0.29, 0.717) is 31.6 Å². The normalized spacial score (nSPS) is 15.1. The number of aryl methyl sites for hydroxylation is 2. The van der Waals surface area contributed by atoms with Gasteiger partial charge in [0.15, 0.2) is 6.61 Å². The third-order valence-electron chi connectivity index (χ3n) is 4.62. The summed E-state index contributed by atoms with van der Waals surface area (Å²) >= 11 is 0. The first-order valence-electron chi connectivity index (χ1n) is 9.57. The van der Waals surface area contributed by atoms with E-state index in [-0.39, 0.29) is 24.5 Å². The number of amides is 2. The van der Waals surface area contributed by atoms with Crippen LogP contribution in [0, 0.1) is 19.8 Å². The third-order valence-corrected chi connectivity index (χ3v) is 4.62. The van der Waals surface area contributed by atoms with Gasteiger partial charge in [-0.3, -0.25) is 9.59 Å². The second-order valence-electron chi connectivity index (χ2n) is 8.20. The summed E-state index contributed by atoms with van der Waals surface area (Å²) in [7, 11) is 0. The van der Waals surface area contributed by atoms with Gasteiger partial charge >= 0.3 is 12.1 Å². The Bertz CT molecular complexity index is 731. The molecule has 7 nitrogen and oxygen atoms in total. The monoisotopic (exact) mass is 390 g/mol. The van der Waals surface area contributed by atoms with E-state index in [2.05, 4.69) is 5.32 Å². The van der Waals surface area contributed by atoms with Gasteiger partial charge in [0.05, 0.1) is 5.92 Å². The van der Waals surface area contributed by atoms with Crippen molar-refractivity contribution in [3.8, 4) is 0 Å². The van der Waals surface area contributed by atoms with Crippen molar-refractivity contribution in [1.82, 2.24) is 4.90 Å². The lowest BCUT2D eigenvalue weighted by molar-refractivity contribution is -0.153. The van der Waals surface area contributed by atoms with E-state index in [1.807, 2.05) is 52.8 Å². The van der Waals surface area contributed by atoms with E-state index in [4.69, 9.17) is 9.47 Å². The van der Waals surface area contributed by atoms with Crippen LogP contribution in [0.15, 0.2) is 18.2 Å². The van der Waals surface area contributed by atoms with Gasteiger partial charge in [0.2, 0.25) is 0 Å². The molecule has 0 atom stereocenters. The van der Waals surface area contributed by atoms with Crippen LogP contribution in [0.1, 0.15) is 44.7 Å². The van der Waals surface area contributed by atoms with Crippen LogP contribution < -0.4 is 5.32 Å². The number of esters is 1. The van der Waals surface area contributed by atoms with Gasteiger partial charge in [0.1, 0.15) is 5.60 Å². The summed E-state index contributed by atoms with van der Waals surface area (Å²) in [6, 6.07) is 5.62. The summed E-state index contributed by atoms with van der Waals surface area (Å²) in [5.74, 6) is -1.09. The van der Waals surface area contributed by atoms with E-state index >= 15 is 0 Å². The van der Waals surface area contributed by atoms with Gasteiger partial charge in [-0.15, -0.1) is 0 Å². The smallest absolute Gasteiger partial charge is 0.410 e. The van der Waals surface area contributed by atoms with E-state index in [9.17, 15) is 14.4 Å². The number of likely N-dealkylation sites (tertiary alicyclic amines) is 1. The maximum absolute atomic E-state index is 12.2. The van der Waals surface area contributed by atoms with Gasteiger partial charge in [0, 0.05) is 18.8 Å². The van der Waals surface area contributed by atoms with E-state index in [1.165, 1.54) is 0 Å². The van der Waals surface area contributed by atoms with Crippen molar-refractivity contribution in [3.05, 3.63) is 29.3 Å². The summed E-state index contributed by atoms with van der Waals surface area (Å²) in [5.41, 5.74) is 2.35. The highest BCUT2D eigenvalue weighted by molar-refractivity contribution is 5.93. The van der Waals surface area contributed by atoms with Crippen molar-refractivity contribution in [2.45, 2.75) is 53.1 Å². The largest absolute Gasteiger partial charge is 0.455 e. The molecule has 1 aromatic carbocycles. The summed E-state index contributed by atoms with van der Waals surface area (Å²) in [5, 5.41) is 2.73. The number of rotatable bonds is 4. The van der Waals surface area contributed by atoms with Gasteiger partial charge in [-0.2, -0.15) is 0 Å². The van der Waals surface area contributed by atoms with Crippen LogP contribution in [0.25, 0.3) is 0 Å². The molecule has 1 N–H and O–H groups in total. The van der Waals surface area contributed by atoms with E-state index in [0.717, 1.165) is 11.1 Å². The number of piperidine rings is 1. The van der Waals surface area contributed by atoms with Crippen LogP contribution in [-0.2, 0) is 19.1 Å². The molecule has 1 aliphatic heterocycles. The molecule has 0 aromatic heterocycles. The van der Waals surface area contributed by atoms with Crippen LogP contribution >= 0.6 is 0 Å². The van der Waals surface area contributed by atoms with Crippen molar-refractivity contribution in [2.75, 3.05) is 25.0 Å². The minimum atomic E-state index is -0.545. The Morgan fingerprint density at radius 2 is 1.75 bits per heavy atom. The van der Waals surface area contributed by atoms with E-state index in [1.54, 1.807) is 4.90 Å². The first-order chi connectivity index (χ1) is 13.0. The Balaban J connectivity index is 1.74. The third kappa shape index (κ3) is 6.55. The number of benzene rings is 1. The topological polar surface area (TPSA) is 84.9 Å². The molecule has 1 aliphatic rings.